The van der Waals surface area contributed by atoms with Crippen LogP contribution in [0, 0.1) is 29.2 Å². The van der Waals surface area contributed by atoms with Gasteiger partial charge in [0, 0.05) is 53.3 Å². The zero-order chi connectivity index (χ0) is 39.9. The Hall–Kier alpha value is -4.20. The van der Waals surface area contributed by atoms with E-state index in [2.05, 4.69) is 19.9 Å². The summed E-state index contributed by atoms with van der Waals surface area (Å²) in [5, 5.41) is 39.0. The van der Waals surface area contributed by atoms with E-state index >= 15 is 13.2 Å². The molecule has 4 fully saturated rings. The number of rotatable bonds is 2. The number of nitrogen functional groups attached to an aromatic ring is 1. The van der Waals surface area contributed by atoms with Crippen molar-refractivity contribution >= 4 is 33.2 Å². The second-order valence-corrected chi connectivity index (χ2v) is 13.4. The third-order valence-corrected chi connectivity index (χ3v) is 10.2. The summed E-state index contributed by atoms with van der Waals surface area (Å²) in [6.45, 7) is 7.83. The Labute approximate surface area is 313 Å². The number of pyridine rings is 1. The van der Waals surface area contributed by atoms with E-state index in [-0.39, 0.29) is 22.8 Å². The minimum absolute atomic E-state index is 0.0618. The van der Waals surface area contributed by atoms with Crippen LogP contribution in [0.4, 0.5) is 33.5 Å². The van der Waals surface area contributed by atoms with Crippen LogP contribution in [-0.4, -0.2) is 96.9 Å². The van der Waals surface area contributed by atoms with Crippen molar-refractivity contribution in [3.63, 3.8) is 0 Å². The number of hydrogen-bond acceptors (Lipinski definition) is 13. The van der Waals surface area contributed by atoms with Gasteiger partial charge in [-0.3, -0.25) is 14.6 Å². The van der Waals surface area contributed by atoms with Crippen LogP contribution >= 0.6 is 0 Å². The molecule has 55 heavy (non-hydrogen) atoms. The standard InChI is InChI=1S/C26H21F4N5O7.C7H12FN.2C2H6/c27-14-10-5-8(31)6-11-13(10)22(16(29)15(14)28)42-26(38,39)41-21-9-3-1-2-4-35(20(9)21)23-12-7-32-18(11)17(30)19(12)33-24(34-23)40-25(36)37;8-6-4-7-2-1-3-9(7)5-6;2*1-2/h5-7,9,20-21,25,36-39H,1-4,31H2;6-7H,1-5H2;2*1-2H3. The van der Waals surface area contributed by atoms with Gasteiger partial charge in [-0.25, -0.2) is 17.6 Å². The number of fused-ring (bicyclic) bond motifs is 4. The van der Waals surface area contributed by atoms with E-state index in [4.69, 9.17) is 19.9 Å². The Kier molecular flexibility index (Phi) is 11.9. The van der Waals surface area contributed by atoms with Crippen molar-refractivity contribution in [2.24, 2.45) is 5.92 Å². The van der Waals surface area contributed by atoms with Crippen LogP contribution in [0.25, 0.3) is 32.9 Å². The van der Waals surface area contributed by atoms with Crippen LogP contribution in [0.3, 0.4) is 0 Å². The molecule has 6 aliphatic rings. The van der Waals surface area contributed by atoms with Gasteiger partial charge in [0.1, 0.15) is 23.2 Å². The fourth-order valence-electron chi connectivity index (χ4n) is 8.01. The van der Waals surface area contributed by atoms with Gasteiger partial charge in [-0.2, -0.15) is 14.4 Å². The lowest BCUT2D eigenvalue weighted by molar-refractivity contribution is -0.443. The quantitative estimate of drug-likeness (QED) is 0.0773. The van der Waals surface area contributed by atoms with Gasteiger partial charge in [0.25, 0.3) is 0 Å². The third kappa shape index (κ3) is 7.67. The molecule has 5 unspecified atom stereocenters. The number of hydrogen-bond donors (Lipinski definition) is 5. The second kappa shape index (κ2) is 16.1. The third-order valence-electron chi connectivity index (χ3n) is 10.2. The first-order valence-corrected chi connectivity index (χ1v) is 18.6. The maximum absolute atomic E-state index is 16.4. The van der Waals surface area contributed by atoms with Gasteiger partial charge in [0.05, 0.1) is 17.5 Å². The molecule has 2 aromatic heterocycles. The van der Waals surface area contributed by atoms with E-state index in [1.807, 2.05) is 27.7 Å². The summed E-state index contributed by atoms with van der Waals surface area (Å²) in [4.78, 5) is 16.4. The number of nitrogens with two attached hydrogens (primary N) is 1. The molecule has 4 aromatic rings. The van der Waals surface area contributed by atoms with Crippen molar-refractivity contribution in [3.8, 4) is 23.0 Å². The van der Waals surface area contributed by atoms with Crippen molar-refractivity contribution < 1.29 is 56.6 Å². The van der Waals surface area contributed by atoms with Crippen LogP contribution in [0.2, 0.25) is 0 Å². The maximum atomic E-state index is 16.4. The highest BCUT2D eigenvalue weighted by Gasteiger charge is 2.59. The predicted molar refractivity (Wildman–Crippen MR) is 191 cm³/mol. The minimum atomic E-state index is -3.55. The van der Waals surface area contributed by atoms with Crippen molar-refractivity contribution in [2.45, 2.75) is 103 Å². The Morgan fingerprint density at radius 1 is 0.927 bits per heavy atom. The average Bonchev–Trinajstić information content (AvgIpc) is 3.51. The highest BCUT2D eigenvalue weighted by atomic mass is 19.2. The van der Waals surface area contributed by atoms with E-state index in [0.717, 1.165) is 25.1 Å². The largest absolute Gasteiger partial charge is 0.456 e. The maximum Gasteiger partial charge on any atom is 0.456 e. The highest BCUT2D eigenvalue weighted by molar-refractivity contribution is 6.04. The first-order valence-electron chi connectivity index (χ1n) is 18.6. The molecule has 10 rings (SSSR count). The molecule has 0 radical (unpaired) electrons. The molecule has 13 nitrogen and oxygen atoms in total. The van der Waals surface area contributed by atoms with Crippen molar-refractivity contribution in [3.05, 3.63) is 41.6 Å². The summed E-state index contributed by atoms with van der Waals surface area (Å²) in [6, 6.07) is 1.40. The smallest absolute Gasteiger partial charge is 0.413 e. The lowest BCUT2D eigenvalue weighted by Crippen LogP contribution is -2.42. The summed E-state index contributed by atoms with van der Waals surface area (Å²) < 4.78 is 89.5. The number of aliphatic hydroxyl groups excluding tert-OH is 1. The first-order chi connectivity index (χ1) is 26.3. The normalized spacial score (nSPS) is 24.7. The number of alkyl halides is 1. The van der Waals surface area contributed by atoms with Gasteiger partial charge in [-0.15, -0.1) is 0 Å². The fourth-order valence-corrected chi connectivity index (χ4v) is 8.01. The van der Waals surface area contributed by atoms with E-state index in [0.29, 0.717) is 38.4 Å². The fraction of sp³-hybridized carbons (Fsp3) is 0.541. The molecular formula is C37H45F5N6O7. The Bertz CT molecular complexity index is 2030. The summed E-state index contributed by atoms with van der Waals surface area (Å²) in [5.74, 6) is -8.28. The van der Waals surface area contributed by atoms with Crippen LogP contribution in [0.5, 0.6) is 11.8 Å². The van der Waals surface area contributed by atoms with Gasteiger partial charge in [0.15, 0.2) is 23.2 Å². The first kappa shape index (κ1) is 40.5. The Morgan fingerprint density at radius 2 is 1.67 bits per heavy atom. The lowest BCUT2D eigenvalue weighted by Gasteiger charge is -2.28. The lowest BCUT2D eigenvalue weighted by atomic mass is 9.97. The molecule has 5 atom stereocenters. The topological polar surface area (TPSA) is 180 Å². The molecule has 2 aromatic carbocycles. The average molecular weight is 781 g/mol. The molecule has 18 heteroatoms. The molecule has 300 valence electrons. The molecule has 1 aliphatic carbocycles. The van der Waals surface area contributed by atoms with Crippen molar-refractivity contribution in [1.29, 1.82) is 0 Å². The van der Waals surface area contributed by atoms with E-state index in [9.17, 15) is 29.2 Å². The number of ether oxygens (including phenoxy) is 3. The molecule has 0 amide bonds. The van der Waals surface area contributed by atoms with E-state index < -0.39 is 93.5 Å². The van der Waals surface area contributed by atoms with Crippen LogP contribution in [-0.2, 0) is 4.74 Å². The predicted octanol–water partition coefficient (Wildman–Crippen LogP) is 5.24. The summed E-state index contributed by atoms with van der Waals surface area (Å²) in [5.41, 5.74) is 4.28. The van der Waals surface area contributed by atoms with Crippen LogP contribution < -0.4 is 20.1 Å². The molecule has 7 heterocycles. The van der Waals surface area contributed by atoms with Gasteiger partial charge >= 0.3 is 18.6 Å². The van der Waals surface area contributed by atoms with E-state index in [1.54, 1.807) is 4.90 Å². The van der Waals surface area contributed by atoms with Gasteiger partial charge in [-0.1, -0.05) is 34.1 Å². The monoisotopic (exact) mass is 780 g/mol. The van der Waals surface area contributed by atoms with Gasteiger partial charge < -0.3 is 40.5 Å². The SMILES string of the molecule is CC.CC.FC1CC2CCCN2C1.Nc1cc2c3c(c(F)c(F)c(F)c3c1)OC(O)(O)OC1C3CCCCN(c4nc(OC(O)O)nc5c(F)c-2ncc45)C31. The Morgan fingerprint density at radius 3 is 2.38 bits per heavy atom. The zero-order valence-corrected chi connectivity index (χ0v) is 30.8. The summed E-state index contributed by atoms with van der Waals surface area (Å²) >= 11 is 0. The van der Waals surface area contributed by atoms with Gasteiger partial charge in [0.2, 0.25) is 5.82 Å². The number of aliphatic hydroxyl groups is 4. The van der Waals surface area contributed by atoms with Crippen LogP contribution in [0.1, 0.15) is 66.2 Å². The van der Waals surface area contributed by atoms with Gasteiger partial charge in [-0.05, 0) is 50.8 Å². The summed E-state index contributed by atoms with van der Waals surface area (Å²) in [7, 11) is 0. The molecule has 1 saturated carbocycles. The molecule has 3 saturated heterocycles. The molecule has 6 N–H and O–H groups in total. The number of halogens is 5. The second-order valence-electron chi connectivity index (χ2n) is 13.4. The summed E-state index contributed by atoms with van der Waals surface area (Å²) in [6.07, 6.45) is 1.43. The molecule has 0 spiro atoms. The van der Waals surface area contributed by atoms with Crippen molar-refractivity contribution in [2.75, 3.05) is 30.3 Å². The number of aromatic nitrogens is 3. The minimum Gasteiger partial charge on any atom is -0.413 e. The van der Waals surface area contributed by atoms with E-state index in [1.165, 1.54) is 19.0 Å². The number of nitrogens with zero attached hydrogens (tertiary/aromatic N) is 5. The number of anilines is 2. The number of benzene rings is 2. The zero-order valence-electron chi connectivity index (χ0n) is 30.8. The molecule has 5 aliphatic heterocycles. The molecule has 4 bridgehead atoms. The molecular weight excluding hydrogens is 735 g/mol. The van der Waals surface area contributed by atoms with Crippen molar-refractivity contribution in [1.82, 2.24) is 19.9 Å². The van der Waals surface area contributed by atoms with Crippen LogP contribution in [0.15, 0.2) is 18.3 Å². The highest BCUT2D eigenvalue weighted by Crippen LogP contribution is 2.50. The Balaban J connectivity index is 0.000000338.